The lowest BCUT2D eigenvalue weighted by atomic mass is 10.0. The molecule has 0 aliphatic heterocycles. The van der Waals surface area contributed by atoms with Gasteiger partial charge in [-0.05, 0) is 12.8 Å². The van der Waals surface area contributed by atoms with E-state index in [1.54, 1.807) is 0 Å². The monoisotopic (exact) mass is 466 g/mol. The van der Waals surface area contributed by atoms with Crippen molar-refractivity contribution in [1.29, 1.82) is 0 Å². The molecule has 2 heteroatoms. The van der Waals surface area contributed by atoms with E-state index >= 15 is 0 Å². The summed E-state index contributed by atoms with van der Waals surface area (Å²) in [6.45, 7) is 5.19. The number of hydrogen-bond acceptors (Lipinski definition) is 2. The van der Waals surface area contributed by atoms with Crippen molar-refractivity contribution in [3.8, 4) is 0 Å². The molecular formula is C31H62O2. The lowest BCUT2D eigenvalue weighted by molar-refractivity contribution is -0.143. The number of esters is 1. The van der Waals surface area contributed by atoms with Crippen LogP contribution >= 0.6 is 0 Å². The Morgan fingerprint density at radius 2 is 0.667 bits per heavy atom. The maximum absolute atomic E-state index is 11.8. The van der Waals surface area contributed by atoms with Gasteiger partial charge in [-0.3, -0.25) is 4.79 Å². The third-order valence-corrected chi connectivity index (χ3v) is 7.00. The van der Waals surface area contributed by atoms with Gasteiger partial charge < -0.3 is 4.74 Å². The number of carbonyl (C=O) groups excluding carboxylic acids is 1. The number of rotatable bonds is 28. The number of unbranched alkanes of at least 4 members (excludes halogenated alkanes) is 24. The second-order valence-corrected chi connectivity index (χ2v) is 10.5. The predicted octanol–water partition coefficient (Wildman–Crippen LogP) is 11.1. The summed E-state index contributed by atoms with van der Waals surface area (Å²) in [6.07, 6.45) is 35.7. The number of ether oxygens (including phenoxy) is 1. The molecule has 0 aromatic rings. The van der Waals surface area contributed by atoms with Crippen LogP contribution in [-0.4, -0.2) is 12.6 Å². The molecule has 0 spiro atoms. The Bertz CT molecular complexity index is 366. The summed E-state index contributed by atoms with van der Waals surface area (Å²) in [5.41, 5.74) is 0. The Morgan fingerprint density at radius 1 is 0.394 bits per heavy atom. The lowest BCUT2D eigenvalue weighted by Gasteiger charge is -2.06. The molecule has 0 fully saturated rings. The maximum Gasteiger partial charge on any atom is 0.305 e. The Balaban J connectivity index is 3.13. The molecule has 0 radical (unpaired) electrons. The van der Waals surface area contributed by atoms with Crippen LogP contribution in [0.25, 0.3) is 0 Å². The van der Waals surface area contributed by atoms with E-state index < -0.39 is 0 Å². The largest absolute Gasteiger partial charge is 0.466 e. The van der Waals surface area contributed by atoms with Crippen molar-refractivity contribution in [2.24, 2.45) is 0 Å². The Hall–Kier alpha value is -0.530. The topological polar surface area (TPSA) is 26.3 Å². The Labute approximate surface area is 209 Å². The van der Waals surface area contributed by atoms with Gasteiger partial charge in [-0.25, -0.2) is 0 Å². The second kappa shape index (κ2) is 29.5. The van der Waals surface area contributed by atoms with E-state index in [4.69, 9.17) is 4.74 Å². The second-order valence-electron chi connectivity index (χ2n) is 10.5. The van der Waals surface area contributed by atoms with Gasteiger partial charge in [0.15, 0.2) is 0 Å². The van der Waals surface area contributed by atoms with Gasteiger partial charge in [-0.15, -0.1) is 0 Å². The van der Waals surface area contributed by atoms with E-state index in [9.17, 15) is 4.79 Å². The van der Waals surface area contributed by atoms with E-state index in [1.165, 1.54) is 154 Å². The summed E-state index contributed by atoms with van der Waals surface area (Å²) in [5.74, 6) is 0.0236. The van der Waals surface area contributed by atoms with Crippen LogP contribution in [-0.2, 0) is 9.53 Å². The van der Waals surface area contributed by atoms with Gasteiger partial charge in [0, 0.05) is 6.42 Å². The van der Waals surface area contributed by atoms with E-state index in [0.29, 0.717) is 13.0 Å². The summed E-state index contributed by atoms with van der Waals surface area (Å²) in [5, 5.41) is 0. The first kappa shape index (κ1) is 32.5. The van der Waals surface area contributed by atoms with E-state index in [0.717, 1.165) is 12.8 Å². The minimum Gasteiger partial charge on any atom is -0.466 e. The highest BCUT2D eigenvalue weighted by Gasteiger charge is 2.02. The molecule has 0 aliphatic rings. The fourth-order valence-corrected chi connectivity index (χ4v) is 4.67. The van der Waals surface area contributed by atoms with Crippen LogP contribution < -0.4 is 0 Å². The molecule has 2 nitrogen and oxygen atoms in total. The van der Waals surface area contributed by atoms with Crippen LogP contribution in [0, 0.1) is 0 Å². The van der Waals surface area contributed by atoms with Gasteiger partial charge in [0.25, 0.3) is 0 Å². The molecule has 0 saturated carbocycles. The molecular weight excluding hydrogens is 404 g/mol. The van der Waals surface area contributed by atoms with Gasteiger partial charge in [0.1, 0.15) is 0 Å². The zero-order valence-corrected chi connectivity index (χ0v) is 23.1. The Kier molecular flexibility index (Phi) is 29.0. The van der Waals surface area contributed by atoms with Crippen LogP contribution in [0.15, 0.2) is 0 Å². The molecule has 0 aliphatic carbocycles. The highest BCUT2D eigenvalue weighted by atomic mass is 16.5. The first-order valence-corrected chi connectivity index (χ1v) is 15.5. The van der Waals surface area contributed by atoms with Gasteiger partial charge in [0.2, 0.25) is 0 Å². The molecule has 0 unspecified atom stereocenters. The van der Waals surface area contributed by atoms with Crippen LogP contribution in [0.4, 0.5) is 0 Å². The first-order valence-electron chi connectivity index (χ1n) is 15.5. The van der Waals surface area contributed by atoms with Crippen LogP contribution in [0.5, 0.6) is 0 Å². The van der Waals surface area contributed by atoms with Crippen molar-refractivity contribution in [3.63, 3.8) is 0 Å². The van der Waals surface area contributed by atoms with Gasteiger partial charge in [-0.2, -0.15) is 0 Å². The summed E-state index contributed by atoms with van der Waals surface area (Å²) < 4.78 is 5.39. The standard InChI is InChI=1S/C31H62O2/c1-3-5-7-9-11-13-14-15-16-17-18-19-20-21-23-25-27-29-31(32)33-30-28-26-24-22-12-10-8-6-4-2/h3-30H2,1-2H3. The first-order chi connectivity index (χ1) is 16.3. The molecule has 0 rings (SSSR count). The fraction of sp³-hybridized carbons (Fsp3) is 0.968. The number of hydrogen-bond donors (Lipinski definition) is 0. The van der Waals surface area contributed by atoms with Crippen LogP contribution in [0.3, 0.4) is 0 Å². The molecule has 0 heterocycles. The molecule has 0 aromatic carbocycles. The minimum absolute atomic E-state index is 0.0236. The van der Waals surface area contributed by atoms with Crippen molar-refractivity contribution in [2.45, 2.75) is 187 Å². The van der Waals surface area contributed by atoms with Crippen LogP contribution in [0.1, 0.15) is 187 Å². The van der Waals surface area contributed by atoms with Gasteiger partial charge in [0.05, 0.1) is 6.61 Å². The Morgan fingerprint density at radius 3 is 1.00 bits per heavy atom. The summed E-state index contributed by atoms with van der Waals surface area (Å²) in [6, 6.07) is 0. The van der Waals surface area contributed by atoms with Gasteiger partial charge in [-0.1, -0.05) is 168 Å². The zero-order valence-electron chi connectivity index (χ0n) is 23.1. The molecule has 0 atom stereocenters. The molecule has 198 valence electrons. The minimum atomic E-state index is 0.0236. The average Bonchev–Trinajstić information content (AvgIpc) is 2.82. The van der Waals surface area contributed by atoms with E-state index in [2.05, 4.69) is 13.8 Å². The summed E-state index contributed by atoms with van der Waals surface area (Å²) in [7, 11) is 0. The number of carbonyl (C=O) groups is 1. The molecule has 0 saturated heterocycles. The summed E-state index contributed by atoms with van der Waals surface area (Å²) >= 11 is 0. The third kappa shape index (κ3) is 29.4. The SMILES string of the molecule is CCCCCCCCCCCCCCCCCCCC(=O)OCCCCCCCCCCC. The van der Waals surface area contributed by atoms with E-state index in [1.807, 2.05) is 0 Å². The van der Waals surface area contributed by atoms with Gasteiger partial charge >= 0.3 is 5.97 Å². The highest BCUT2D eigenvalue weighted by Crippen LogP contribution is 2.14. The average molecular weight is 467 g/mol. The molecule has 0 N–H and O–H groups in total. The lowest BCUT2D eigenvalue weighted by Crippen LogP contribution is -2.05. The van der Waals surface area contributed by atoms with Crippen LogP contribution in [0.2, 0.25) is 0 Å². The maximum atomic E-state index is 11.8. The normalized spacial score (nSPS) is 11.2. The van der Waals surface area contributed by atoms with Crippen molar-refractivity contribution < 1.29 is 9.53 Å². The van der Waals surface area contributed by atoms with E-state index in [-0.39, 0.29) is 5.97 Å². The molecule has 0 aromatic heterocycles. The van der Waals surface area contributed by atoms with Crippen molar-refractivity contribution in [2.75, 3.05) is 6.61 Å². The van der Waals surface area contributed by atoms with Crippen molar-refractivity contribution in [1.82, 2.24) is 0 Å². The third-order valence-electron chi connectivity index (χ3n) is 7.00. The molecule has 0 bridgehead atoms. The smallest absolute Gasteiger partial charge is 0.305 e. The highest BCUT2D eigenvalue weighted by molar-refractivity contribution is 5.69. The predicted molar refractivity (Wildman–Crippen MR) is 147 cm³/mol. The quantitative estimate of drug-likeness (QED) is 0.0846. The molecule has 33 heavy (non-hydrogen) atoms. The zero-order chi connectivity index (χ0) is 24.1. The molecule has 0 amide bonds. The van der Waals surface area contributed by atoms with Crippen molar-refractivity contribution >= 4 is 5.97 Å². The summed E-state index contributed by atoms with van der Waals surface area (Å²) in [4.78, 5) is 11.8. The fourth-order valence-electron chi connectivity index (χ4n) is 4.67. The van der Waals surface area contributed by atoms with Crippen molar-refractivity contribution in [3.05, 3.63) is 0 Å².